The van der Waals surface area contributed by atoms with Crippen LogP contribution in [0, 0.1) is 0 Å². The van der Waals surface area contributed by atoms with Crippen LogP contribution in [0.2, 0.25) is 0 Å². The van der Waals surface area contributed by atoms with Crippen LogP contribution < -0.4 is 0 Å². The molecule has 0 atom stereocenters. The fourth-order valence-electron chi connectivity index (χ4n) is 3.11. The Hall–Kier alpha value is -3.35. The van der Waals surface area contributed by atoms with Crippen molar-refractivity contribution in [3.05, 3.63) is 83.8 Å². The lowest BCUT2D eigenvalue weighted by atomic mass is 10.1. The van der Waals surface area contributed by atoms with Crippen molar-refractivity contribution in [3.63, 3.8) is 0 Å². The first kappa shape index (κ1) is 18.0. The van der Waals surface area contributed by atoms with Crippen molar-refractivity contribution in [3.8, 4) is 17.1 Å². The Labute approximate surface area is 158 Å². The van der Waals surface area contributed by atoms with Crippen LogP contribution >= 0.6 is 0 Å². The molecule has 0 aliphatic carbocycles. The molecule has 2 heterocycles. The van der Waals surface area contributed by atoms with Crippen LogP contribution in [-0.2, 0) is 12.8 Å². The minimum atomic E-state index is -4.47. The first-order valence-corrected chi connectivity index (χ1v) is 8.66. The highest BCUT2D eigenvalue weighted by molar-refractivity contribution is 5.63. The number of aromatic nitrogens is 3. The van der Waals surface area contributed by atoms with Crippen molar-refractivity contribution in [1.29, 1.82) is 0 Å². The normalized spacial score (nSPS) is 11.8. The second kappa shape index (κ2) is 6.99. The third kappa shape index (κ3) is 3.69. The molecule has 0 bridgehead atoms. The highest BCUT2D eigenvalue weighted by atomic mass is 19.4. The highest BCUT2D eigenvalue weighted by Gasteiger charge is 2.32. The van der Waals surface area contributed by atoms with E-state index in [9.17, 15) is 18.3 Å². The molecule has 2 aromatic heterocycles. The van der Waals surface area contributed by atoms with Gasteiger partial charge in [0.05, 0.1) is 17.8 Å². The molecule has 0 amide bonds. The van der Waals surface area contributed by atoms with Crippen LogP contribution in [0.1, 0.15) is 17.0 Å². The van der Waals surface area contributed by atoms with Crippen LogP contribution in [0.15, 0.2) is 66.9 Å². The Morgan fingerprint density at radius 2 is 1.50 bits per heavy atom. The quantitative estimate of drug-likeness (QED) is 0.551. The van der Waals surface area contributed by atoms with Crippen molar-refractivity contribution in [2.75, 3.05) is 0 Å². The van der Waals surface area contributed by atoms with E-state index in [4.69, 9.17) is 0 Å². The number of hydrogen-bond acceptors (Lipinski definition) is 3. The maximum atomic E-state index is 12.9. The number of rotatable bonds is 4. The summed E-state index contributed by atoms with van der Waals surface area (Å²) in [6, 6.07) is 18.7. The molecule has 28 heavy (non-hydrogen) atoms. The highest BCUT2D eigenvalue weighted by Crippen LogP contribution is 2.30. The number of aromatic hydroxyl groups is 1. The van der Waals surface area contributed by atoms with Gasteiger partial charge < -0.3 is 5.11 Å². The fourth-order valence-corrected chi connectivity index (χ4v) is 3.11. The average molecular weight is 383 g/mol. The standard InChI is InChI=1S/C21H16F3N3O/c22-21(23,24)12-17-20(28)27-13-18(15-9-5-2-6-10-15)25-16(19(27)26-17)11-14-7-3-1-4-8-14/h1-10,13,28H,11-12H2. The number of imidazole rings is 1. The monoisotopic (exact) mass is 383 g/mol. The lowest BCUT2D eigenvalue weighted by Crippen LogP contribution is -2.11. The topological polar surface area (TPSA) is 50.4 Å². The van der Waals surface area contributed by atoms with Gasteiger partial charge in [-0.25, -0.2) is 9.97 Å². The number of hydrogen-bond donors (Lipinski definition) is 1. The van der Waals surface area contributed by atoms with Crippen LogP contribution in [0.25, 0.3) is 16.9 Å². The van der Waals surface area contributed by atoms with Gasteiger partial charge in [-0.1, -0.05) is 60.7 Å². The molecule has 0 aliphatic heterocycles. The Balaban J connectivity index is 1.89. The third-order valence-corrected chi connectivity index (χ3v) is 4.37. The molecular weight excluding hydrogens is 367 g/mol. The number of nitrogens with zero attached hydrogens (tertiary/aromatic N) is 3. The molecule has 1 N–H and O–H groups in total. The van der Waals surface area contributed by atoms with Gasteiger partial charge in [-0.05, 0) is 5.56 Å². The van der Waals surface area contributed by atoms with E-state index in [1.54, 1.807) is 0 Å². The molecular formula is C21H16F3N3O. The summed E-state index contributed by atoms with van der Waals surface area (Å²) in [5.41, 5.74) is 2.60. The van der Waals surface area contributed by atoms with Gasteiger partial charge in [0.15, 0.2) is 5.65 Å². The molecule has 0 saturated carbocycles. The maximum absolute atomic E-state index is 12.9. The van der Waals surface area contributed by atoms with Gasteiger partial charge in [-0.3, -0.25) is 4.40 Å². The van der Waals surface area contributed by atoms with Crippen molar-refractivity contribution >= 4 is 5.65 Å². The predicted octanol–water partition coefficient (Wildman–Crippen LogP) is 4.80. The van der Waals surface area contributed by atoms with Crippen molar-refractivity contribution in [1.82, 2.24) is 14.4 Å². The third-order valence-electron chi connectivity index (χ3n) is 4.37. The van der Waals surface area contributed by atoms with Gasteiger partial charge in [0.1, 0.15) is 5.69 Å². The molecule has 7 heteroatoms. The van der Waals surface area contributed by atoms with Crippen molar-refractivity contribution in [2.24, 2.45) is 0 Å². The van der Waals surface area contributed by atoms with Crippen molar-refractivity contribution < 1.29 is 18.3 Å². The van der Waals surface area contributed by atoms with Gasteiger partial charge in [0.2, 0.25) is 5.88 Å². The maximum Gasteiger partial charge on any atom is 0.394 e. The molecule has 0 spiro atoms. The van der Waals surface area contributed by atoms with E-state index >= 15 is 0 Å². The molecule has 2 aromatic carbocycles. The number of fused-ring (bicyclic) bond motifs is 1. The SMILES string of the molecule is Oc1c(CC(F)(F)F)nc2c(Cc3ccccc3)nc(-c3ccccc3)cn12. The Kier molecular flexibility index (Phi) is 4.50. The van der Waals surface area contributed by atoms with E-state index in [1.165, 1.54) is 10.6 Å². The largest absolute Gasteiger partial charge is 0.493 e. The van der Waals surface area contributed by atoms with Gasteiger partial charge >= 0.3 is 6.18 Å². The summed E-state index contributed by atoms with van der Waals surface area (Å²) >= 11 is 0. The van der Waals surface area contributed by atoms with E-state index in [0.29, 0.717) is 17.8 Å². The van der Waals surface area contributed by atoms with Crippen LogP contribution in [-0.4, -0.2) is 25.7 Å². The molecule has 0 fully saturated rings. The first-order chi connectivity index (χ1) is 13.4. The number of alkyl halides is 3. The first-order valence-electron chi connectivity index (χ1n) is 8.66. The second-order valence-corrected chi connectivity index (χ2v) is 6.47. The van der Waals surface area contributed by atoms with Gasteiger partial charge in [0.25, 0.3) is 0 Å². The molecule has 0 saturated heterocycles. The van der Waals surface area contributed by atoms with E-state index in [0.717, 1.165) is 11.1 Å². The minimum absolute atomic E-state index is 0.222. The summed E-state index contributed by atoms with van der Waals surface area (Å²) in [5.74, 6) is -0.513. The summed E-state index contributed by atoms with van der Waals surface area (Å²) in [6.07, 6.45) is -3.87. The minimum Gasteiger partial charge on any atom is -0.493 e. The van der Waals surface area contributed by atoms with E-state index < -0.39 is 24.2 Å². The molecule has 4 nitrogen and oxygen atoms in total. The fraction of sp³-hybridized carbons (Fsp3) is 0.143. The molecule has 142 valence electrons. The summed E-state index contributed by atoms with van der Waals surface area (Å²) in [7, 11) is 0. The van der Waals surface area contributed by atoms with E-state index in [2.05, 4.69) is 9.97 Å². The zero-order chi connectivity index (χ0) is 19.7. The zero-order valence-corrected chi connectivity index (χ0v) is 14.7. The summed E-state index contributed by atoms with van der Waals surface area (Å²) in [5, 5.41) is 10.4. The van der Waals surface area contributed by atoms with E-state index in [1.807, 2.05) is 60.7 Å². The molecule has 4 aromatic rings. The van der Waals surface area contributed by atoms with Crippen LogP contribution in [0.5, 0.6) is 5.88 Å². The molecule has 4 rings (SSSR count). The molecule has 0 radical (unpaired) electrons. The second-order valence-electron chi connectivity index (χ2n) is 6.47. The zero-order valence-electron chi connectivity index (χ0n) is 14.7. The Morgan fingerprint density at radius 1 is 0.857 bits per heavy atom. The van der Waals surface area contributed by atoms with Crippen LogP contribution in [0.3, 0.4) is 0 Å². The number of benzene rings is 2. The average Bonchev–Trinajstić information content (AvgIpc) is 2.98. The lowest BCUT2D eigenvalue weighted by Gasteiger charge is -2.08. The Morgan fingerprint density at radius 3 is 2.14 bits per heavy atom. The molecule has 0 unspecified atom stereocenters. The van der Waals surface area contributed by atoms with E-state index in [-0.39, 0.29) is 5.65 Å². The summed E-state index contributed by atoms with van der Waals surface area (Å²) in [4.78, 5) is 8.70. The van der Waals surface area contributed by atoms with Gasteiger partial charge in [-0.2, -0.15) is 13.2 Å². The van der Waals surface area contributed by atoms with Gasteiger partial charge in [-0.15, -0.1) is 0 Å². The summed E-state index contributed by atoms with van der Waals surface area (Å²) in [6.45, 7) is 0. The Bertz CT molecular complexity index is 1110. The molecule has 0 aliphatic rings. The van der Waals surface area contributed by atoms with Crippen molar-refractivity contribution in [2.45, 2.75) is 19.0 Å². The van der Waals surface area contributed by atoms with Crippen LogP contribution in [0.4, 0.5) is 13.2 Å². The lowest BCUT2D eigenvalue weighted by molar-refractivity contribution is -0.128. The summed E-state index contributed by atoms with van der Waals surface area (Å²) < 4.78 is 39.9. The smallest absolute Gasteiger partial charge is 0.394 e. The van der Waals surface area contributed by atoms with Gasteiger partial charge in [0, 0.05) is 18.2 Å². The number of halogens is 3. The predicted molar refractivity (Wildman–Crippen MR) is 99.1 cm³/mol.